The van der Waals surface area contributed by atoms with Crippen LogP contribution in [0.1, 0.15) is 21.5 Å². The highest BCUT2D eigenvalue weighted by Gasteiger charge is 2.30. The summed E-state index contributed by atoms with van der Waals surface area (Å²) in [6.45, 7) is 0.561. The molecule has 168 valence electrons. The van der Waals surface area contributed by atoms with Crippen molar-refractivity contribution in [2.75, 3.05) is 20.6 Å². The van der Waals surface area contributed by atoms with E-state index < -0.39 is 22.6 Å². The van der Waals surface area contributed by atoms with Crippen LogP contribution in [-0.4, -0.2) is 41.4 Å². The molecule has 0 spiro atoms. The average Bonchev–Trinajstić information content (AvgIpc) is 3.11. The number of likely N-dealkylation sites (N-methyl/N-ethyl adjacent to an activating group) is 1. The summed E-state index contributed by atoms with van der Waals surface area (Å²) in [6, 6.07) is 10.2. The molecule has 3 aromatic rings. The van der Waals surface area contributed by atoms with E-state index in [0.29, 0.717) is 41.0 Å². The number of carbonyl (C=O) groups is 1. The van der Waals surface area contributed by atoms with Gasteiger partial charge in [-0.05, 0) is 61.5 Å². The Kier molecular flexibility index (Phi) is 6.35. The molecule has 0 unspecified atom stereocenters. The SMILES string of the molecule is CN(C)CCc1c(-c2ccc(C(F)(F)F)cc2)[nH]c(-c2ccc([N+](=O)[O-])cc2)c1C(N)=O. The summed E-state index contributed by atoms with van der Waals surface area (Å²) >= 11 is 0. The van der Waals surface area contributed by atoms with Crippen LogP contribution >= 0.6 is 0 Å². The molecule has 1 heterocycles. The topological polar surface area (TPSA) is 105 Å². The van der Waals surface area contributed by atoms with Crippen molar-refractivity contribution in [3.63, 3.8) is 0 Å². The van der Waals surface area contributed by atoms with Crippen molar-refractivity contribution in [3.8, 4) is 22.5 Å². The number of aromatic amines is 1. The molecule has 1 aromatic heterocycles. The number of hydrogen-bond acceptors (Lipinski definition) is 4. The van der Waals surface area contributed by atoms with Gasteiger partial charge in [0.05, 0.1) is 21.7 Å². The van der Waals surface area contributed by atoms with Crippen molar-refractivity contribution in [2.45, 2.75) is 12.6 Å². The minimum atomic E-state index is -4.47. The van der Waals surface area contributed by atoms with E-state index in [0.717, 1.165) is 12.1 Å². The number of nitro benzene ring substituents is 1. The molecule has 7 nitrogen and oxygen atoms in total. The largest absolute Gasteiger partial charge is 0.416 e. The van der Waals surface area contributed by atoms with E-state index in [4.69, 9.17) is 5.73 Å². The number of benzene rings is 2. The number of hydrogen-bond donors (Lipinski definition) is 2. The van der Waals surface area contributed by atoms with E-state index >= 15 is 0 Å². The Bertz CT molecular complexity index is 1130. The van der Waals surface area contributed by atoms with E-state index in [1.165, 1.54) is 36.4 Å². The van der Waals surface area contributed by atoms with E-state index in [1.54, 1.807) is 0 Å². The average molecular weight is 446 g/mol. The summed E-state index contributed by atoms with van der Waals surface area (Å²) in [6.07, 6.45) is -4.06. The smallest absolute Gasteiger partial charge is 0.366 e. The molecule has 2 aromatic carbocycles. The third kappa shape index (κ3) is 4.80. The van der Waals surface area contributed by atoms with Crippen LogP contribution in [0.15, 0.2) is 48.5 Å². The molecule has 0 atom stereocenters. The number of halogens is 3. The molecular formula is C22H21F3N4O3. The number of H-pyrrole nitrogens is 1. The van der Waals surface area contributed by atoms with Crippen molar-refractivity contribution >= 4 is 11.6 Å². The van der Waals surface area contributed by atoms with E-state index in [1.807, 2.05) is 19.0 Å². The van der Waals surface area contributed by atoms with Crippen LogP contribution in [0.3, 0.4) is 0 Å². The zero-order valence-electron chi connectivity index (χ0n) is 17.4. The number of carbonyl (C=O) groups excluding carboxylic acids is 1. The Hall–Kier alpha value is -3.66. The number of rotatable bonds is 7. The van der Waals surface area contributed by atoms with E-state index in [9.17, 15) is 28.1 Å². The van der Waals surface area contributed by atoms with Gasteiger partial charge in [0.15, 0.2) is 0 Å². The van der Waals surface area contributed by atoms with Gasteiger partial charge >= 0.3 is 6.18 Å². The molecule has 0 radical (unpaired) electrons. The van der Waals surface area contributed by atoms with Gasteiger partial charge in [-0.3, -0.25) is 14.9 Å². The van der Waals surface area contributed by atoms with Gasteiger partial charge in [0.2, 0.25) is 0 Å². The summed E-state index contributed by atoms with van der Waals surface area (Å²) < 4.78 is 38.9. The van der Waals surface area contributed by atoms with Gasteiger partial charge in [0.1, 0.15) is 0 Å². The minimum Gasteiger partial charge on any atom is -0.366 e. The first-order valence-corrected chi connectivity index (χ1v) is 9.61. The fraction of sp³-hybridized carbons (Fsp3) is 0.227. The van der Waals surface area contributed by atoms with Crippen molar-refractivity contribution in [2.24, 2.45) is 5.73 Å². The molecule has 0 bridgehead atoms. The van der Waals surface area contributed by atoms with Crippen LogP contribution in [0.5, 0.6) is 0 Å². The lowest BCUT2D eigenvalue weighted by Crippen LogP contribution is -2.18. The Morgan fingerprint density at radius 1 is 1.03 bits per heavy atom. The van der Waals surface area contributed by atoms with Crippen LogP contribution in [0.2, 0.25) is 0 Å². The summed E-state index contributed by atoms with van der Waals surface area (Å²) in [5, 5.41) is 11.0. The van der Waals surface area contributed by atoms with Gasteiger partial charge in [0, 0.05) is 24.4 Å². The molecule has 1 amide bonds. The number of alkyl halides is 3. The summed E-state index contributed by atoms with van der Waals surface area (Å²) in [5.41, 5.74) is 7.34. The van der Waals surface area contributed by atoms with Crippen LogP contribution in [-0.2, 0) is 12.6 Å². The number of nitro groups is 1. The van der Waals surface area contributed by atoms with Crippen LogP contribution in [0, 0.1) is 10.1 Å². The Labute approximate surface area is 181 Å². The zero-order valence-corrected chi connectivity index (χ0v) is 17.4. The number of non-ortho nitro benzene ring substituents is 1. The van der Waals surface area contributed by atoms with E-state index in [-0.39, 0.29) is 11.3 Å². The van der Waals surface area contributed by atoms with Gasteiger partial charge < -0.3 is 15.6 Å². The Morgan fingerprint density at radius 2 is 1.56 bits per heavy atom. The van der Waals surface area contributed by atoms with Gasteiger partial charge in [-0.25, -0.2) is 0 Å². The maximum absolute atomic E-state index is 13.0. The molecule has 0 saturated carbocycles. The maximum atomic E-state index is 13.0. The maximum Gasteiger partial charge on any atom is 0.416 e. The van der Waals surface area contributed by atoms with Gasteiger partial charge in [-0.2, -0.15) is 13.2 Å². The van der Waals surface area contributed by atoms with Crippen molar-refractivity contribution in [1.82, 2.24) is 9.88 Å². The first-order chi connectivity index (χ1) is 15.0. The Balaban J connectivity index is 2.18. The van der Waals surface area contributed by atoms with Crippen molar-refractivity contribution in [3.05, 3.63) is 75.3 Å². The normalized spacial score (nSPS) is 11.7. The fourth-order valence-corrected chi connectivity index (χ4v) is 3.43. The highest BCUT2D eigenvalue weighted by atomic mass is 19.4. The molecule has 0 saturated heterocycles. The lowest BCUT2D eigenvalue weighted by Gasteiger charge is -2.12. The monoisotopic (exact) mass is 446 g/mol. The van der Waals surface area contributed by atoms with E-state index in [2.05, 4.69) is 4.98 Å². The second-order valence-electron chi connectivity index (χ2n) is 7.53. The highest BCUT2D eigenvalue weighted by Crippen LogP contribution is 2.36. The number of nitrogens with zero attached hydrogens (tertiary/aromatic N) is 2. The predicted octanol–water partition coefficient (Wildman–Crippen LogP) is 4.48. The number of nitrogens with one attached hydrogen (secondary N) is 1. The molecule has 0 aliphatic carbocycles. The molecule has 3 rings (SSSR count). The van der Waals surface area contributed by atoms with Crippen LogP contribution in [0.25, 0.3) is 22.5 Å². The third-order valence-electron chi connectivity index (χ3n) is 5.03. The number of amides is 1. The summed E-state index contributed by atoms with van der Waals surface area (Å²) in [7, 11) is 3.71. The quantitative estimate of drug-likeness (QED) is 0.412. The summed E-state index contributed by atoms with van der Waals surface area (Å²) in [4.78, 5) is 27.8. The van der Waals surface area contributed by atoms with Crippen molar-refractivity contribution < 1.29 is 22.9 Å². The molecule has 0 aliphatic heterocycles. The number of primary amides is 1. The minimum absolute atomic E-state index is 0.114. The lowest BCUT2D eigenvalue weighted by atomic mass is 9.98. The second kappa shape index (κ2) is 8.83. The van der Waals surface area contributed by atoms with Crippen LogP contribution in [0.4, 0.5) is 18.9 Å². The van der Waals surface area contributed by atoms with Crippen LogP contribution < -0.4 is 5.73 Å². The standard InChI is InChI=1S/C22H21F3N4O3/c1-28(2)12-11-17-18(21(26)30)20(14-5-9-16(10-6-14)29(31)32)27-19(17)13-3-7-15(8-4-13)22(23,24)25/h3-10,27H,11-12H2,1-2H3,(H2,26,30). The molecule has 0 aliphatic rings. The third-order valence-corrected chi connectivity index (χ3v) is 5.03. The molecular weight excluding hydrogens is 425 g/mol. The predicted molar refractivity (Wildman–Crippen MR) is 114 cm³/mol. The molecule has 0 fully saturated rings. The zero-order chi connectivity index (χ0) is 23.6. The fourth-order valence-electron chi connectivity index (χ4n) is 3.43. The van der Waals surface area contributed by atoms with Gasteiger partial charge in [-0.1, -0.05) is 12.1 Å². The number of nitrogens with two attached hydrogens (primary N) is 1. The lowest BCUT2D eigenvalue weighted by molar-refractivity contribution is -0.384. The first kappa shape index (κ1) is 23.0. The highest BCUT2D eigenvalue weighted by molar-refractivity contribution is 6.03. The first-order valence-electron chi connectivity index (χ1n) is 9.61. The Morgan fingerprint density at radius 3 is 2.03 bits per heavy atom. The second-order valence-corrected chi connectivity index (χ2v) is 7.53. The van der Waals surface area contributed by atoms with Crippen molar-refractivity contribution in [1.29, 1.82) is 0 Å². The molecule has 10 heteroatoms. The number of aromatic nitrogens is 1. The van der Waals surface area contributed by atoms with Gasteiger partial charge in [0.25, 0.3) is 11.6 Å². The van der Waals surface area contributed by atoms with Gasteiger partial charge in [-0.15, -0.1) is 0 Å². The summed E-state index contributed by atoms with van der Waals surface area (Å²) in [5.74, 6) is -0.707. The molecule has 32 heavy (non-hydrogen) atoms. The molecule has 3 N–H and O–H groups in total.